The second kappa shape index (κ2) is 7.50. The van der Waals surface area contributed by atoms with Gasteiger partial charge in [-0.2, -0.15) is 0 Å². The molecule has 4 rings (SSSR count). The molecule has 2 aromatic rings. The van der Waals surface area contributed by atoms with Gasteiger partial charge in [0.2, 0.25) is 0 Å². The van der Waals surface area contributed by atoms with E-state index >= 15 is 4.32 Å². The van der Waals surface area contributed by atoms with Gasteiger partial charge in [0.1, 0.15) is 5.71 Å². The van der Waals surface area contributed by atoms with E-state index in [1.165, 1.54) is 0 Å². The summed E-state index contributed by atoms with van der Waals surface area (Å²) in [5, 5.41) is 0. The topological polar surface area (TPSA) is 15.5 Å². The van der Waals surface area contributed by atoms with Crippen LogP contribution in [0.1, 0.15) is 90.8 Å². The molecule has 0 spiro atoms. The molecule has 5 heteroatoms. The van der Waals surface area contributed by atoms with Crippen LogP contribution >= 0.6 is 0 Å². The zero-order valence-corrected chi connectivity index (χ0v) is 21.0. The van der Waals surface area contributed by atoms with E-state index in [0.29, 0.717) is 5.75 Å². The molecule has 0 bridgehead atoms. The molecule has 0 N–H and O–H groups in total. The lowest BCUT2D eigenvalue weighted by atomic mass is 9.80. The first kappa shape index (κ1) is 22.6. The Bertz CT molecular complexity index is 1120. The Morgan fingerprint density at radius 3 is 2.09 bits per heavy atom. The van der Waals surface area contributed by atoms with Crippen LogP contribution in [0.15, 0.2) is 48.2 Å². The van der Waals surface area contributed by atoms with Crippen LogP contribution in [-0.2, 0) is 5.41 Å². The quantitative estimate of drug-likeness (QED) is 0.463. The fraction of sp³-hybridized carbons (Fsp3) is 0.444. The molecular formula is C27H36BFN2O. The third-order valence-corrected chi connectivity index (χ3v) is 6.76. The van der Waals surface area contributed by atoms with Gasteiger partial charge in [-0.3, -0.25) is 0 Å². The molecule has 0 aromatic heterocycles. The Balaban J connectivity index is 1.99. The molecule has 0 fully saturated rings. The van der Waals surface area contributed by atoms with Crippen molar-refractivity contribution in [2.75, 3.05) is 4.81 Å². The molecule has 2 aromatic carbocycles. The predicted molar refractivity (Wildman–Crippen MR) is 134 cm³/mol. The van der Waals surface area contributed by atoms with Crippen molar-refractivity contribution in [1.82, 2.24) is 0 Å². The van der Waals surface area contributed by atoms with E-state index in [1.54, 1.807) is 4.81 Å². The molecule has 0 saturated carbocycles. The number of hydrogen-bond donors (Lipinski definition) is 0. The highest BCUT2D eigenvalue weighted by Gasteiger charge is 2.60. The number of nitrogens with zero attached hydrogens (tertiary/aromatic N) is 2. The number of hydrogen-bond acceptors (Lipinski definition) is 2. The average molecular weight is 434 g/mol. The van der Waals surface area contributed by atoms with Crippen LogP contribution in [0.3, 0.4) is 0 Å². The minimum absolute atomic E-state index is 0.0339. The van der Waals surface area contributed by atoms with E-state index < -0.39 is 6.90 Å². The highest BCUT2D eigenvalue weighted by molar-refractivity contribution is 6.68. The molecule has 170 valence electrons. The van der Waals surface area contributed by atoms with Gasteiger partial charge in [0.05, 0.1) is 11.4 Å². The minimum Gasteiger partial charge on any atom is -0.608 e. The highest BCUT2D eigenvalue weighted by Crippen LogP contribution is 2.49. The fourth-order valence-electron chi connectivity index (χ4n) is 5.09. The summed E-state index contributed by atoms with van der Waals surface area (Å²) in [6, 6.07) is 12.4. The first-order valence-electron chi connectivity index (χ1n) is 11.8. The van der Waals surface area contributed by atoms with Gasteiger partial charge in [0.15, 0.2) is 5.69 Å². The number of halogens is 1. The van der Waals surface area contributed by atoms with Gasteiger partial charge in [-0.15, -0.1) is 0 Å². The van der Waals surface area contributed by atoms with Gasteiger partial charge in [-0.05, 0) is 47.6 Å². The summed E-state index contributed by atoms with van der Waals surface area (Å²) < 4.78 is 25.4. The van der Waals surface area contributed by atoms with Crippen molar-refractivity contribution >= 4 is 24.0 Å². The van der Waals surface area contributed by atoms with Crippen LogP contribution < -0.4 is 9.47 Å². The standard InChI is InChI=1S/C27H36BFN2O/c1-17(2)22-11-10-12-23(18(3)4)26(22)31-20(6)15-19(5)30-24-16-21(27(7,8)9)13-14-25(24)32-28(30,31)29/h10-18H,1-9H3/t28-/m0/s1. The van der Waals surface area contributed by atoms with Crippen LogP contribution in [0, 0.1) is 0 Å². The zero-order chi connectivity index (χ0) is 23.6. The maximum Gasteiger partial charge on any atom is 0.759 e. The molecule has 1 atom stereocenters. The lowest BCUT2D eigenvalue weighted by Crippen LogP contribution is -2.62. The van der Waals surface area contributed by atoms with Crippen LogP contribution in [0.2, 0.25) is 0 Å². The smallest absolute Gasteiger partial charge is 0.608 e. The van der Waals surface area contributed by atoms with E-state index in [0.717, 1.165) is 39.5 Å². The molecule has 0 aliphatic carbocycles. The van der Waals surface area contributed by atoms with Crippen molar-refractivity contribution in [2.24, 2.45) is 0 Å². The highest BCUT2D eigenvalue weighted by atomic mass is 19.1. The van der Waals surface area contributed by atoms with Gasteiger partial charge < -0.3 is 18.3 Å². The fourth-order valence-corrected chi connectivity index (χ4v) is 5.09. The number of rotatable bonds is 3. The minimum atomic E-state index is -3.02. The van der Waals surface area contributed by atoms with Crippen molar-refractivity contribution < 1.29 is 13.5 Å². The maximum absolute atomic E-state index is 17.3. The van der Waals surface area contributed by atoms with Crippen molar-refractivity contribution in [3.8, 4) is 5.75 Å². The molecular weight excluding hydrogens is 398 g/mol. The Morgan fingerprint density at radius 2 is 1.56 bits per heavy atom. The third-order valence-electron chi connectivity index (χ3n) is 6.76. The van der Waals surface area contributed by atoms with Crippen molar-refractivity contribution in [1.29, 1.82) is 0 Å². The third kappa shape index (κ3) is 3.37. The summed E-state index contributed by atoms with van der Waals surface area (Å²) in [6.07, 6.45) is 2.07. The van der Waals surface area contributed by atoms with Gasteiger partial charge in [0.25, 0.3) is 0 Å². The number of para-hydroxylation sites is 1. The Labute approximate surface area is 192 Å². The Kier molecular flexibility index (Phi) is 5.31. The summed E-state index contributed by atoms with van der Waals surface area (Å²) in [5.41, 5.74) is 6.87. The van der Waals surface area contributed by atoms with E-state index in [-0.39, 0.29) is 17.3 Å². The van der Waals surface area contributed by atoms with Crippen molar-refractivity contribution in [3.63, 3.8) is 0 Å². The van der Waals surface area contributed by atoms with E-state index in [9.17, 15) is 0 Å². The summed E-state index contributed by atoms with van der Waals surface area (Å²) in [4.78, 5) is 1.78. The van der Waals surface area contributed by atoms with Gasteiger partial charge in [-0.1, -0.05) is 72.7 Å². The summed E-state index contributed by atoms with van der Waals surface area (Å²) >= 11 is 0. The number of benzene rings is 2. The van der Waals surface area contributed by atoms with Crippen LogP contribution in [0.4, 0.5) is 15.7 Å². The second-order valence-corrected chi connectivity index (χ2v) is 10.9. The number of anilines is 1. The monoisotopic (exact) mass is 434 g/mol. The average Bonchev–Trinajstić information content (AvgIpc) is 2.98. The molecule has 32 heavy (non-hydrogen) atoms. The number of allylic oxidation sites excluding steroid dienone is 2. The largest absolute Gasteiger partial charge is 0.759 e. The first-order valence-corrected chi connectivity index (χ1v) is 11.8. The molecule has 0 amide bonds. The second-order valence-electron chi connectivity index (χ2n) is 10.9. The summed E-state index contributed by atoms with van der Waals surface area (Å²) in [7, 11) is 0. The zero-order valence-electron chi connectivity index (χ0n) is 21.0. The van der Waals surface area contributed by atoms with Crippen molar-refractivity contribution in [3.05, 3.63) is 64.9 Å². The van der Waals surface area contributed by atoms with Gasteiger partial charge >= 0.3 is 6.90 Å². The van der Waals surface area contributed by atoms with Crippen molar-refractivity contribution in [2.45, 2.75) is 79.6 Å². The van der Waals surface area contributed by atoms with E-state index in [1.807, 2.05) is 24.4 Å². The molecule has 0 radical (unpaired) electrons. The normalized spacial score (nSPS) is 20.5. The first-order chi connectivity index (χ1) is 14.9. The summed E-state index contributed by atoms with van der Waals surface area (Å²) in [6.45, 7) is 16.1. The maximum atomic E-state index is 17.3. The lowest BCUT2D eigenvalue weighted by molar-refractivity contribution is -0.333. The van der Waals surface area contributed by atoms with Gasteiger partial charge in [-0.25, -0.2) is 0 Å². The summed E-state index contributed by atoms with van der Waals surface area (Å²) in [5.74, 6) is 1.11. The molecule has 2 heterocycles. The molecule has 2 aliphatic heterocycles. The molecule has 0 saturated heterocycles. The SMILES string of the molecule is CC1=CC(C)=[N+](c2c(C(C)C)cccc2C(C)C)[B@@-]2(F)Oc3ccc(C(C)(C)C)cc3N12. The van der Waals surface area contributed by atoms with Crippen LogP contribution in [-0.4, -0.2) is 17.1 Å². The van der Waals surface area contributed by atoms with E-state index in [4.69, 9.17) is 4.65 Å². The van der Waals surface area contributed by atoms with Gasteiger partial charge in [0, 0.05) is 24.1 Å². The van der Waals surface area contributed by atoms with Crippen LogP contribution in [0.25, 0.3) is 0 Å². The lowest BCUT2D eigenvalue weighted by Gasteiger charge is -2.39. The Hall–Kier alpha value is -2.56. The van der Waals surface area contributed by atoms with E-state index in [2.05, 4.69) is 84.9 Å². The molecule has 3 nitrogen and oxygen atoms in total. The molecule has 2 aliphatic rings. The predicted octanol–water partition coefficient (Wildman–Crippen LogP) is 7.56. The van der Waals surface area contributed by atoms with Crippen LogP contribution in [0.5, 0.6) is 5.75 Å². The number of fused-ring (bicyclic) bond motifs is 3. The Morgan fingerprint density at radius 1 is 0.969 bits per heavy atom. The molecule has 0 unspecified atom stereocenters.